The number of aliphatic hydroxyl groups excluding tert-OH is 1. The molecule has 25 heavy (non-hydrogen) atoms. The molecular weight excluding hydrogens is 340 g/mol. The van der Waals surface area contributed by atoms with Crippen molar-refractivity contribution in [3.05, 3.63) is 41.1 Å². The highest BCUT2D eigenvalue weighted by Crippen LogP contribution is 2.52. The fourth-order valence-corrected chi connectivity index (χ4v) is 5.16. The summed E-state index contributed by atoms with van der Waals surface area (Å²) < 4.78 is 0. The van der Waals surface area contributed by atoms with Gasteiger partial charge in [0.15, 0.2) is 0 Å². The first-order chi connectivity index (χ1) is 11.9. The van der Waals surface area contributed by atoms with E-state index in [4.69, 9.17) is 0 Å². The molecule has 4 rings (SSSR count). The fraction of sp³-hybridized carbons (Fsp3) is 0.333. The first-order valence-electron chi connectivity index (χ1n) is 8.14. The van der Waals surface area contributed by atoms with Gasteiger partial charge in [0, 0.05) is 32.8 Å². The Hall–Kier alpha value is -2.25. The summed E-state index contributed by atoms with van der Waals surface area (Å²) in [7, 11) is 0. The third kappa shape index (κ3) is 2.22. The number of rotatable bonds is 4. The van der Waals surface area contributed by atoms with Gasteiger partial charge in [0.1, 0.15) is 5.70 Å². The number of amides is 1. The van der Waals surface area contributed by atoms with Gasteiger partial charge in [-0.15, -0.1) is 0 Å². The monoisotopic (exact) mass is 358 g/mol. The van der Waals surface area contributed by atoms with E-state index in [0.29, 0.717) is 4.91 Å². The van der Waals surface area contributed by atoms with Gasteiger partial charge in [0.2, 0.25) is 5.91 Å². The van der Waals surface area contributed by atoms with Crippen LogP contribution in [0.2, 0.25) is 0 Å². The Bertz CT molecular complexity index is 917. The van der Waals surface area contributed by atoms with Crippen LogP contribution in [0.3, 0.4) is 0 Å². The van der Waals surface area contributed by atoms with E-state index in [9.17, 15) is 19.8 Å². The number of aromatic amines is 1. The van der Waals surface area contributed by atoms with Crippen molar-refractivity contribution in [1.29, 1.82) is 0 Å². The number of hydrogen-bond donors (Lipinski definition) is 3. The summed E-state index contributed by atoms with van der Waals surface area (Å²) in [5.74, 6) is -2.08. The van der Waals surface area contributed by atoms with Gasteiger partial charge in [-0.2, -0.15) is 0 Å². The first-order valence-corrected chi connectivity index (χ1v) is 8.96. The lowest BCUT2D eigenvalue weighted by Crippen LogP contribution is -2.63. The standard InChI is InChI=1S/C18H18N2O4S/c1-8-14-13(9(2)21)17(22)20(14)15(18(23)24)16(8)25-12-7-19-11-6-4-3-5-10(11)12/h3-9,13-14,19,21H,1-2H3,(H,23,24)/t8-,9-,13-,14-/m1/s1. The number of nitrogens with one attached hydrogen (secondary N) is 1. The van der Waals surface area contributed by atoms with Gasteiger partial charge in [-0.1, -0.05) is 36.9 Å². The summed E-state index contributed by atoms with van der Waals surface area (Å²) in [5, 5.41) is 20.6. The largest absolute Gasteiger partial charge is 0.477 e. The molecule has 0 saturated carbocycles. The summed E-state index contributed by atoms with van der Waals surface area (Å²) in [6.45, 7) is 3.50. The van der Waals surface area contributed by atoms with Crippen LogP contribution in [0.5, 0.6) is 0 Å². The van der Waals surface area contributed by atoms with Crippen LogP contribution in [0.4, 0.5) is 0 Å². The van der Waals surface area contributed by atoms with E-state index in [2.05, 4.69) is 4.98 Å². The smallest absolute Gasteiger partial charge is 0.353 e. The maximum atomic E-state index is 12.4. The van der Waals surface area contributed by atoms with Gasteiger partial charge in [0.25, 0.3) is 0 Å². The maximum Gasteiger partial charge on any atom is 0.353 e. The zero-order valence-corrected chi connectivity index (χ0v) is 14.6. The molecule has 6 nitrogen and oxygen atoms in total. The highest BCUT2D eigenvalue weighted by Gasteiger charge is 2.60. The molecule has 0 aliphatic carbocycles. The number of carbonyl (C=O) groups is 2. The molecule has 7 heteroatoms. The average molecular weight is 358 g/mol. The van der Waals surface area contributed by atoms with E-state index in [1.807, 2.05) is 37.4 Å². The van der Waals surface area contributed by atoms with E-state index < -0.39 is 18.0 Å². The topological polar surface area (TPSA) is 93.6 Å². The number of carboxylic acids is 1. The Morgan fingerprint density at radius 1 is 1.36 bits per heavy atom. The molecule has 1 aromatic heterocycles. The number of thioether (sulfide) groups is 1. The molecule has 2 aliphatic rings. The van der Waals surface area contributed by atoms with E-state index in [0.717, 1.165) is 15.8 Å². The minimum absolute atomic E-state index is 0.0506. The van der Waals surface area contributed by atoms with Crippen molar-refractivity contribution >= 4 is 34.5 Å². The van der Waals surface area contributed by atoms with Crippen molar-refractivity contribution < 1.29 is 19.8 Å². The Labute approximate surface area is 148 Å². The van der Waals surface area contributed by atoms with Crippen LogP contribution in [0, 0.1) is 11.8 Å². The number of β-lactam (4-membered cyclic amide) rings is 1. The van der Waals surface area contributed by atoms with Crippen molar-refractivity contribution in [3.63, 3.8) is 0 Å². The molecule has 1 amide bonds. The van der Waals surface area contributed by atoms with Crippen molar-refractivity contribution in [1.82, 2.24) is 9.88 Å². The Balaban J connectivity index is 1.75. The molecule has 0 unspecified atom stereocenters. The minimum atomic E-state index is -1.10. The first kappa shape index (κ1) is 16.2. The quantitative estimate of drug-likeness (QED) is 0.730. The molecule has 1 saturated heterocycles. The Morgan fingerprint density at radius 3 is 2.76 bits per heavy atom. The van der Waals surface area contributed by atoms with Crippen LogP contribution in [-0.2, 0) is 9.59 Å². The summed E-state index contributed by atoms with van der Waals surface area (Å²) >= 11 is 1.39. The number of H-pyrrole nitrogens is 1. The van der Waals surface area contributed by atoms with Crippen molar-refractivity contribution in [2.24, 2.45) is 11.8 Å². The van der Waals surface area contributed by atoms with Crippen LogP contribution in [0.1, 0.15) is 13.8 Å². The molecular formula is C18H18N2O4S. The van der Waals surface area contributed by atoms with Gasteiger partial charge in [-0.3, -0.25) is 4.79 Å². The fourth-order valence-electron chi connectivity index (χ4n) is 3.90. The second-order valence-corrected chi connectivity index (χ2v) is 7.66. The molecule has 4 atom stereocenters. The number of aromatic nitrogens is 1. The summed E-state index contributed by atoms with van der Waals surface area (Å²) in [6.07, 6.45) is 1.07. The predicted octanol–water partition coefficient (Wildman–Crippen LogP) is 2.41. The Kier molecular flexibility index (Phi) is 3.66. The zero-order chi connectivity index (χ0) is 17.9. The second kappa shape index (κ2) is 5.64. The lowest BCUT2D eigenvalue weighted by molar-refractivity contribution is -0.163. The summed E-state index contributed by atoms with van der Waals surface area (Å²) in [6, 6.07) is 7.53. The number of fused-ring (bicyclic) bond motifs is 2. The van der Waals surface area contributed by atoms with Gasteiger partial charge < -0.3 is 20.1 Å². The zero-order valence-electron chi connectivity index (χ0n) is 13.8. The maximum absolute atomic E-state index is 12.4. The third-order valence-electron chi connectivity index (χ3n) is 5.08. The van der Waals surface area contributed by atoms with E-state index in [1.165, 1.54) is 16.7 Å². The van der Waals surface area contributed by atoms with Crippen LogP contribution in [-0.4, -0.2) is 44.1 Å². The van der Waals surface area contributed by atoms with Gasteiger partial charge in [-0.25, -0.2) is 4.79 Å². The molecule has 3 heterocycles. The number of carboxylic acid groups (broad SMARTS) is 1. The second-order valence-electron chi connectivity index (χ2n) is 6.57. The lowest BCUT2D eigenvalue weighted by atomic mass is 9.79. The highest BCUT2D eigenvalue weighted by molar-refractivity contribution is 8.03. The van der Waals surface area contributed by atoms with Gasteiger partial charge >= 0.3 is 5.97 Å². The van der Waals surface area contributed by atoms with Gasteiger partial charge in [0.05, 0.1) is 18.1 Å². The molecule has 0 spiro atoms. The molecule has 1 fully saturated rings. The molecule has 3 N–H and O–H groups in total. The van der Waals surface area contributed by atoms with E-state index in [-0.39, 0.29) is 23.6 Å². The Morgan fingerprint density at radius 2 is 2.08 bits per heavy atom. The van der Waals surface area contributed by atoms with Crippen molar-refractivity contribution in [3.8, 4) is 0 Å². The lowest BCUT2D eigenvalue weighted by Gasteiger charge is -2.46. The van der Waals surface area contributed by atoms with Crippen LogP contribution in [0.15, 0.2) is 46.0 Å². The molecule has 0 radical (unpaired) electrons. The van der Waals surface area contributed by atoms with Gasteiger partial charge in [-0.05, 0) is 13.0 Å². The number of para-hydroxylation sites is 1. The number of aliphatic carboxylic acids is 1. The summed E-state index contributed by atoms with van der Waals surface area (Å²) in [4.78, 5) is 30.3. The SMILES string of the molecule is C[C@@H](O)[C@H]1C(=O)N2C(C(=O)O)=C(Sc3c[nH]c4ccccc34)[C@H](C)[C@H]12. The number of benzene rings is 1. The molecule has 130 valence electrons. The minimum Gasteiger partial charge on any atom is -0.477 e. The number of nitrogens with zero attached hydrogens (tertiary/aromatic N) is 1. The number of carbonyl (C=O) groups excluding carboxylic acids is 1. The van der Waals surface area contributed by atoms with Crippen LogP contribution in [0.25, 0.3) is 10.9 Å². The molecule has 2 aromatic rings. The summed E-state index contributed by atoms with van der Waals surface area (Å²) in [5.41, 5.74) is 1.03. The molecule has 1 aromatic carbocycles. The predicted molar refractivity (Wildman–Crippen MR) is 93.8 cm³/mol. The normalized spacial score (nSPS) is 26.8. The number of hydrogen-bond acceptors (Lipinski definition) is 4. The van der Waals surface area contributed by atoms with Crippen molar-refractivity contribution in [2.45, 2.75) is 30.9 Å². The average Bonchev–Trinajstić information content (AvgIpc) is 3.06. The van der Waals surface area contributed by atoms with Crippen LogP contribution >= 0.6 is 11.8 Å². The van der Waals surface area contributed by atoms with Crippen LogP contribution < -0.4 is 0 Å². The van der Waals surface area contributed by atoms with E-state index in [1.54, 1.807) is 6.92 Å². The third-order valence-corrected chi connectivity index (χ3v) is 6.43. The van der Waals surface area contributed by atoms with E-state index >= 15 is 0 Å². The molecule has 2 aliphatic heterocycles. The number of aliphatic hydroxyl groups is 1. The highest BCUT2D eigenvalue weighted by atomic mass is 32.2. The molecule has 0 bridgehead atoms. The van der Waals surface area contributed by atoms with Crippen molar-refractivity contribution in [2.75, 3.05) is 0 Å².